The molecule has 0 amide bonds. The Morgan fingerprint density at radius 1 is 1.07 bits per heavy atom. The molecule has 1 aromatic carbocycles. The molecule has 3 heterocycles. The highest BCUT2D eigenvalue weighted by atomic mass is 32.1. The maximum Gasteiger partial charge on any atom is 0.283 e. The lowest BCUT2D eigenvalue weighted by Crippen LogP contribution is -2.11. The molecular weight excluding hydrogens is 362 g/mol. The van der Waals surface area contributed by atoms with Crippen molar-refractivity contribution in [3.8, 4) is 28.0 Å². The highest BCUT2D eigenvalue weighted by molar-refractivity contribution is 7.13. The molecular formula is C20H19N3O3S. The molecule has 6 nitrogen and oxygen atoms in total. The zero-order valence-electron chi connectivity index (χ0n) is 15.3. The van der Waals surface area contributed by atoms with Gasteiger partial charge in [0.1, 0.15) is 10.8 Å². The van der Waals surface area contributed by atoms with E-state index in [1.807, 2.05) is 24.3 Å². The summed E-state index contributed by atoms with van der Waals surface area (Å²) in [5.41, 5.74) is 2.23. The van der Waals surface area contributed by atoms with Crippen LogP contribution in [-0.4, -0.2) is 15.2 Å². The van der Waals surface area contributed by atoms with E-state index >= 15 is 0 Å². The molecule has 0 saturated heterocycles. The monoisotopic (exact) mass is 381 g/mol. The van der Waals surface area contributed by atoms with Gasteiger partial charge in [0.15, 0.2) is 12.4 Å². The molecule has 7 heteroatoms. The second kappa shape index (κ2) is 7.00. The average molecular weight is 381 g/mol. The molecule has 0 aliphatic heterocycles. The van der Waals surface area contributed by atoms with Crippen molar-refractivity contribution < 1.29 is 13.6 Å². The number of hydrogen-bond acceptors (Lipinski definition) is 7. The van der Waals surface area contributed by atoms with Gasteiger partial charge in [0.25, 0.3) is 11.8 Å². The quantitative estimate of drug-likeness (QED) is 0.465. The Kier molecular flexibility index (Phi) is 4.53. The number of hydrogen-bond donors (Lipinski definition) is 0. The van der Waals surface area contributed by atoms with Crippen LogP contribution in [0.25, 0.3) is 22.2 Å². The highest BCUT2D eigenvalue weighted by Gasteiger charge is 2.18. The first-order valence-corrected chi connectivity index (χ1v) is 9.42. The smallest absolute Gasteiger partial charge is 0.283 e. The lowest BCUT2D eigenvalue weighted by molar-refractivity contribution is 0.264. The third kappa shape index (κ3) is 3.93. The maximum atomic E-state index is 5.73. The molecule has 4 aromatic rings. The van der Waals surface area contributed by atoms with Gasteiger partial charge in [-0.1, -0.05) is 20.8 Å². The Bertz CT molecular complexity index is 1010. The summed E-state index contributed by atoms with van der Waals surface area (Å²) in [6.07, 6.45) is 1.56. The summed E-state index contributed by atoms with van der Waals surface area (Å²) in [6.45, 7) is 6.69. The van der Waals surface area contributed by atoms with E-state index in [4.69, 9.17) is 18.6 Å². The van der Waals surface area contributed by atoms with E-state index in [9.17, 15) is 0 Å². The molecule has 138 valence electrons. The Labute approximate surface area is 160 Å². The van der Waals surface area contributed by atoms with Crippen molar-refractivity contribution in [1.29, 1.82) is 0 Å². The van der Waals surface area contributed by atoms with Crippen molar-refractivity contribution in [1.82, 2.24) is 15.2 Å². The minimum absolute atomic E-state index is 0.0520. The number of ether oxygens (including phenoxy) is 1. The van der Waals surface area contributed by atoms with Gasteiger partial charge in [-0.15, -0.1) is 21.5 Å². The highest BCUT2D eigenvalue weighted by Crippen LogP contribution is 2.30. The Balaban J connectivity index is 1.40. The second-order valence-electron chi connectivity index (χ2n) is 7.08. The molecule has 27 heavy (non-hydrogen) atoms. The van der Waals surface area contributed by atoms with Crippen LogP contribution in [0.3, 0.4) is 0 Å². The minimum Gasteiger partial charge on any atom is -0.484 e. The van der Waals surface area contributed by atoms with Gasteiger partial charge in [-0.25, -0.2) is 4.98 Å². The van der Waals surface area contributed by atoms with Gasteiger partial charge in [-0.2, -0.15) is 0 Å². The summed E-state index contributed by atoms with van der Waals surface area (Å²) in [6, 6.07) is 11.4. The van der Waals surface area contributed by atoms with Crippen molar-refractivity contribution in [2.75, 3.05) is 0 Å². The molecule has 0 aliphatic carbocycles. The van der Waals surface area contributed by atoms with E-state index in [-0.39, 0.29) is 12.0 Å². The molecule has 4 rings (SSSR count). The van der Waals surface area contributed by atoms with Gasteiger partial charge < -0.3 is 13.6 Å². The first kappa shape index (κ1) is 17.5. The summed E-state index contributed by atoms with van der Waals surface area (Å²) in [4.78, 5) is 4.74. The fourth-order valence-electron chi connectivity index (χ4n) is 2.40. The summed E-state index contributed by atoms with van der Waals surface area (Å²) in [7, 11) is 0. The van der Waals surface area contributed by atoms with Gasteiger partial charge in [-0.3, -0.25) is 0 Å². The fraction of sp³-hybridized carbons (Fsp3) is 0.250. The molecule has 0 unspecified atom stereocenters. The predicted molar refractivity (Wildman–Crippen MR) is 103 cm³/mol. The number of thiazole rings is 1. The molecule has 3 aromatic heterocycles. The molecule has 0 spiro atoms. The number of rotatable bonds is 5. The second-order valence-corrected chi connectivity index (χ2v) is 7.94. The normalized spacial score (nSPS) is 11.7. The molecule has 0 aliphatic rings. The van der Waals surface area contributed by atoms with Crippen LogP contribution in [0, 0.1) is 0 Å². The SMILES string of the molecule is CC(C)(C)c1csc(-c2ccc(OCc3nnc(-c4ccco4)o3)cc2)n1. The number of benzene rings is 1. The summed E-state index contributed by atoms with van der Waals surface area (Å²) in [5, 5.41) is 11.0. The standard InChI is InChI=1S/C20H19N3O3S/c1-20(2,3)16-12-27-19(21-16)13-6-8-14(9-7-13)25-11-17-22-23-18(26-17)15-5-4-10-24-15/h4-10,12H,11H2,1-3H3. The van der Waals surface area contributed by atoms with Crippen molar-refractivity contribution in [3.05, 3.63) is 59.6 Å². The number of furan rings is 1. The van der Waals surface area contributed by atoms with E-state index in [1.165, 1.54) is 0 Å². The summed E-state index contributed by atoms with van der Waals surface area (Å²) >= 11 is 1.65. The first-order chi connectivity index (χ1) is 13.0. The largest absolute Gasteiger partial charge is 0.484 e. The summed E-state index contributed by atoms with van der Waals surface area (Å²) < 4.78 is 16.5. The Hall–Kier alpha value is -2.93. The van der Waals surface area contributed by atoms with Crippen molar-refractivity contribution in [2.45, 2.75) is 32.8 Å². The van der Waals surface area contributed by atoms with Gasteiger partial charge in [-0.05, 0) is 36.4 Å². The van der Waals surface area contributed by atoms with Crippen molar-refractivity contribution in [2.24, 2.45) is 0 Å². The van der Waals surface area contributed by atoms with Crippen LogP contribution >= 0.6 is 11.3 Å². The van der Waals surface area contributed by atoms with Crippen LogP contribution in [0.4, 0.5) is 0 Å². The fourth-order valence-corrected chi connectivity index (χ4v) is 3.45. The van der Waals surface area contributed by atoms with Crippen LogP contribution < -0.4 is 4.74 Å². The third-order valence-corrected chi connectivity index (χ3v) is 4.83. The molecule has 0 saturated carbocycles. The van der Waals surface area contributed by atoms with E-state index in [0.29, 0.717) is 17.5 Å². The van der Waals surface area contributed by atoms with Crippen LogP contribution in [0.15, 0.2) is 56.9 Å². The summed E-state index contributed by atoms with van der Waals surface area (Å²) in [5.74, 6) is 1.99. The number of nitrogens with zero attached hydrogens (tertiary/aromatic N) is 3. The number of aromatic nitrogens is 3. The first-order valence-electron chi connectivity index (χ1n) is 8.54. The van der Waals surface area contributed by atoms with Crippen LogP contribution in [0.2, 0.25) is 0 Å². The van der Waals surface area contributed by atoms with E-state index in [1.54, 1.807) is 29.7 Å². The Morgan fingerprint density at radius 3 is 2.56 bits per heavy atom. The van der Waals surface area contributed by atoms with E-state index in [2.05, 4.69) is 36.3 Å². The van der Waals surface area contributed by atoms with Gasteiger partial charge >= 0.3 is 0 Å². The van der Waals surface area contributed by atoms with Crippen LogP contribution in [0.5, 0.6) is 5.75 Å². The van der Waals surface area contributed by atoms with Crippen molar-refractivity contribution >= 4 is 11.3 Å². The van der Waals surface area contributed by atoms with Crippen LogP contribution in [-0.2, 0) is 12.0 Å². The molecule has 0 N–H and O–H groups in total. The van der Waals surface area contributed by atoms with Crippen LogP contribution in [0.1, 0.15) is 32.4 Å². The predicted octanol–water partition coefficient (Wildman–Crippen LogP) is 5.33. The van der Waals surface area contributed by atoms with E-state index < -0.39 is 0 Å². The minimum atomic E-state index is 0.0520. The third-order valence-electron chi connectivity index (χ3n) is 3.93. The maximum absolute atomic E-state index is 5.73. The van der Waals surface area contributed by atoms with E-state index in [0.717, 1.165) is 22.0 Å². The van der Waals surface area contributed by atoms with Gasteiger partial charge in [0.05, 0.1) is 12.0 Å². The lowest BCUT2D eigenvalue weighted by atomic mass is 9.93. The van der Waals surface area contributed by atoms with Crippen molar-refractivity contribution in [3.63, 3.8) is 0 Å². The van der Waals surface area contributed by atoms with Gasteiger partial charge in [0, 0.05) is 16.4 Å². The zero-order chi connectivity index (χ0) is 18.9. The molecule has 0 bridgehead atoms. The topological polar surface area (TPSA) is 74.2 Å². The Morgan fingerprint density at radius 2 is 1.89 bits per heavy atom. The zero-order valence-corrected chi connectivity index (χ0v) is 16.1. The molecule has 0 atom stereocenters. The molecule has 0 radical (unpaired) electrons. The van der Waals surface area contributed by atoms with Gasteiger partial charge in [0.2, 0.25) is 0 Å². The molecule has 0 fully saturated rings. The lowest BCUT2D eigenvalue weighted by Gasteiger charge is -2.14. The average Bonchev–Trinajstić information content (AvgIpc) is 3.40.